The summed E-state index contributed by atoms with van der Waals surface area (Å²) in [5.74, 6) is 0.792. The van der Waals surface area contributed by atoms with Crippen molar-refractivity contribution in [3.63, 3.8) is 0 Å². The third kappa shape index (κ3) is 5.27. The Kier molecular flexibility index (Phi) is 7.49. The Labute approximate surface area is 313 Å². The minimum atomic E-state index is 0.619. The topological polar surface area (TPSA) is 44.9 Å². The van der Waals surface area contributed by atoms with Gasteiger partial charge >= 0.3 is 0 Å². The number of rotatable bonds is 7. The summed E-state index contributed by atoms with van der Waals surface area (Å²) in [6.07, 6.45) is 1.94. The molecule has 2 heterocycles. The summed E-state index contributed by atoms with van der Waals surface area (Å²) in [5.41, 5.74) is 13.0. The average Bonchev–Trinajstić information content (AvgIpc) is 3.60. The molecule has 54 heavy (non-hydrogen) atoms. The molecule has 4 nitrogen and oxygen atoms in total. The number of anilines is 3. The molecule has 0 saturated carbocycles. The van der Waals surface area contributed by atoms with Crippen LogP contribution in [0.15, 0.2) is 194 Å². The Morgan fingerprint density at radius 3 is 1.78 bits per heavy atom. The van der Waals surface area contributed by atoms with Gasteiger partial charge in [0.25, 0.3) is 0 Å². The molecule has 0 aliphatic heterocycles. The monoisotopic (exact) mass is 688 g/mol. The van der Waals surface area contributed by atoms with Crippen molar-refractivity contribution in [2.75, 3.05) is 4.90 Å². The number of aromatic nitrogens is 2. The van der Waals surface area contributed by atoms with Crippen LogP contribution in [-0.4, -0.2) is 9.55 Å². The maximum atomic E-state index is 9.43. The van der Waals surface area contributed by atoms with Crippen LogP contribution >= 0.6 is 0 Å². The SMILES string of the molecule is N#Cc1ccc(N(c2ccc(-c3ccccc3)cc2)c2ccc(-c3ccc(-c4ccc5c6c4ccc4cccc(c46)n5-c4ccccc4)cc3)cn2)cc1. The fraction of sp³-hybridized carbons (Fsp3) is 0. The Hall–Kier alpha value is -7.48. The highest BCUT2D eigenvalue weighted by atomic mass is 15.2. The van der Waals surface area contributed by atoms with E-state index in [-0.39, 0.29) is 0 Å². The Morgan fingerprint density at radius 2 is 1.07 bits per heavy atom. The second-order valence-electron chi connectivity index (χ2n) is 13.6. The molecule has 4 heteroatoms. The minimum absolute atomic E-state index is 0.619. The van der Waals surface area contributed by atoms with Gasteiger partial charge in [-0.15, -0.1) is 0 Å². The van der Waals surface area contributed by atoms with Crippen molar-refractivity contribution in [1.29, 1.82) is 5.26 Å². The molecular formula is C50H32N4. The minimum Gasteiger partial charge on any atom is -0.309 e. The zero-order chi connectivity index (χ0) is 36.0. The Balaban J connectivity index is 0.989. The smallest absolute Gasteiger partial charge is 0.137 e. The van der Waals surface area contributed by atoms with Gasteiger partial charge < -0.3 is 4.57 Å². The van der Waals surface area contributed by atoms with Gasteiger partial charge in [-0.25, -0.2) is 4.98 Å². The van der Waals surface area contributed by atoms with Gasteiger partial charge in [-0.05, 0) is 111 Å². The van der Waals surface area contributed by atoms with Crippen LogP contribution in [0.25, 0.3) is 71.6 Å². The van der Waals surface area contributed by atoms with Crippen LogP contribution < -0.4 is 4.90 Å². The van der Waals surface area contributed by atoms with Crippen molar-refractivity contribution in [2.45, 2.75) is 0 Å². The maximum Gasteiger partial charge on any atom is 0.137 e. The molecule has 0 aliphatic rings. The van der Waals surface area contributed by atoms with Crippen LogP contribution in [0.2, 0.25) is 0 Å². The standard InChI is InChI=1S/C50H32N4/c51-32-34-14-24-42(25-15-34)53(43-26-20-36(21-27-43)35-8-3-1-4-9-35)48-31-23-40(33-52-48)37-16-18-38(19-17-37)44-29-30-47-50-45(44)28-22-39-10-7-13-46(49(39)50)54(47)41-11-5-2-6-12-41/h1-31,33H. The van der Waals surface area contributed by atoms with Crippen LogP contribution in [0.3, 0.4) is 0 Å². The first kappa shape index (κ1) is 31.3. The lowest BCUT2D eigenvalue weighted by atomic mass is 9.94. The molecule has 0 aliphatic carbocycles. The molecule has 0 fully saturated rings. The number of nitrogens with zero attached hydrogens (tertiary/aromatic N) is 4. The van der Waals surface area contributed by atoms with E-state index in [9.17, 15) is 5.26 Å². The summed E-state index contributed by atoms with van der Waals surface area (Å²) in [5, 5.41) is 14.5. The zero-order valence-corrected chi connectivity index (χ0v) is 29.3. The molecule has 2 aromatic heterocycles. The van der Waals surface area contributed by atoms with E-state index < -0.39 is 0 Å². The molecule has 8 aromatic carbocycles. The third-order valence-electron chi connectivity index (χ3n) is 10.5. The van der Waals surface area contributed by atoms with E-state index in [1.54, 1.807) is 0 Å². The van der Waals surface area contributed by atoms with Crippen LogP contribution in [0.5, 0.6) is 0 Å². The summed E-state index contributed by atoms with van der Waals surface area (Å²) in [4.78, 5) is 7.11. The molecule has 0 spiro atoms. The van der Waals surface area contributed by atoms with Crippen LogP contribution in [-0.2, 0) is 0 Å². The van der Waals surface area contributed by atoms with E-state index >= 15 is 0 Å². The molecule has 0 radical (unpaired) electrons. The second kappa shape index (κ2) is 12.9. The number of hydrogen-bond acceptors (Lipinski definition) is 3. The van der Waals surface area contributed by atoms with Gasteiger partial charge in [-0.1, -0.05) is 115 Å². The number of nitriles is 1. The third-order valence-corrected chi connectivity index (χ3v) is 10.5. The molecule has 0 atom stereocenters. The Morgan fingerprint density at radius 1 is 0.463 bits per heavy atom. The highest BCUT2D eigenvalue weighted by Crippen LogP contribution is 2.43. The summed E-state index contributed by atoms with van der Waals surface area (Å²) in [7, 11) is 0. The van der Waals surface area contributed by atoms with E-state index in [1.165, 1.54) is 55.0 Å². The molecule has 0 saturated heterocycles. The van der Waals surface area contributed by atoms with Crippen molar-refractivity contribution in [3.8, 4) is 45.1 Å². The van der Waals surface area contributed by atoms with Gasteiger partial charge in [-0.3, -0.25) is 4.90 Å². The van der Waals surface area contributed by atoms with Gasteiger partial charge in [0.05, 0.1) is 22.7 Å². The zero-order valence-electron chi connectivity index (χ0n) is 29.3. The van der Waals surface area contributed by atoms with E-state index in [0.29, 0.717) is 5.56 Å². The molecule has 0 bridgehead atoms. The van der Waals surface area contributed by atoms with E-state index in [0.717, 1.165) is 33.9 Å². The second-order valence-corrected chi connectivity index (χ2v) is 13.6. The lowest BCUT2D eigenvalue weighted by molar-refractivity contribution is 1.18. The molecule has 10 aromatic rings. The van der Waals surface area contributed by atoms with Crippen molar-refractivity contribution < 1.29 is 0 Å². The lowest BCUT2D eigenvalue weighted by Gasteiger charge is -2.24. The van der Waals surface area contributed by atoms with Crippen molar-refractivity contribution in [2.24, 2.45) is 0 Å². The van der Waals surface area contributed by atoms with Gasteiger partial charge in [-0.2, -0.15) is 5.26 Å². The molecular weight excluding hydrogens is 657 g/mol. The summed E-state index contributed by atoms with van der Waals surface area (Å²) >= 11 is 0. The fourth-order valence-corrected chi connectivity index (χ4v) is 7.86. The largest absolute Gasteiger partial charge is 0.309 e. The summed E-state index contributed by atoms with van der Waals surface area (Å²) < 4.78 is 2.39. The van der Waals surface area contributed by atoms with Gasteiger partial charge in [0.1, 0.15) is 5.82 Å². The van der Waals surface area contributed by atoms with Gasteiger partial charge in [0, 0.05) is 39.6 Å². The first-order chi connectivity index (χ1) is 26.7. The van der Waals surface area contributed by atoms with E-state index in [2.05, 4.69) is 173 Å². The number of benzene rings is 8. The first-order valence-corrected chi connectivity index (χ1v) is 18.1. The quantitative estimate of drug-likeness (QED) is 0.157. The van der Waals surface area contributed by atoms with Gasteiger partial charge in [0.15, 0.2) is 0 Å². The number of hydrogen-bond donors (Lipinski definition) is 0. The highest BCUT2D eigenvalue weighted by molar-refractivity contribution is 6.26. The molecule has 0 N–H and O–H groups in total. The highest BCUT2D eigenvalue weighted by Gasteiger charge is 2.19. The number of pyridine rings is 1. The molecule has 252 valence electrons. The van der Waals surface area contributed by atoms with Crippen LogP contribution in [0.4, 0.5) is 17.2 Å². The predicted octanol–water partition coefficient (Wildman–Crippen LogP) is 13.1. The Bertz CT molecular complexity index is 2940. The van der Waals surface area contributed by atoms with Crippen molar-refractivity contribution in [1.82, 2.24) is 9.55 Å². The van der Waals surface area contributed by atoms with Crippen LogP contribution in [0, 0.1) is 11.3 Å². The normalized spacial score (nSPS) is 11.3. The van der Waals surface area contributed by atoms with E-state index in [1.807, 2.05) is 36.5 Å². The fourth-order valence-electron chi connectivity index (χ4n) is 7.86. The first-order valence-electron chi connectivity index (χ1n) is 18.1. The maximum absolute atomic E-state index is 9.43. The van der Waals surface area contributed by atoms with Crippen molar-refractivity contribution in [3.05, 3.63) is 200 Å². The molecule has 0 amide bonds. The summed E-state index contributed by atoms with van der Waals surface area (Å²) in [6.45, 7) is 0. The summed E-state index contributed by atoms with van der Waals surface area (Å²) in [6, 6.07) is 68.1. The van der Waals surface area contributed by atoms with Gasteiger partial charge in [0.2, 0.25) is 0 Å². The average molecular weight is 689 g/mol. The number of para-hydroxylation sites is 1. The van der Waals surface area contributed by atoms with Crippen molar-refractivity contribution >= 4 is 49.8 Å². The lowest BCUT2D eigenvalue weighted by Crippen LogP contribution is -2.11. The van der Waals surface area contributed by atoms with E-state index in [4.69, 9.17) is 4.98 Å². The predicted molar refractivity (Wildman–Crippen MR) is 223 cm³/mol. The van der Waals surface area contributed by atoms with Crippen LogP contribution in [0.1, 0.15) is 5.56 Å². The molecule has 10 rings (SSSR count). The molecule has 0 unspecified atom stereocenters.